The van der Waals surface area contributed by atoms with Crippen LogP contribution in [-0.2, 0) is 20.3 Å². The van der Waals surface area contributed by atoms with Gasteiger partial charge in [-0.3, -0.25) is 0 Å². The fraction of sp³-hybridized carbons (Fsp3) is 0.182. The maximum Gasteiger partial charge on any atom is 0.346 e. The van der Waals surface area contributed by atoms with E-state index in [0.717, 1.165) is 11.1 Å². The molecule has 2 aliphatic rings. The Balaban J connectivity index is 1.42. The second-order valence-corrected chi connectivity index (χ2v) is 15.5. The molecule has 52 heavy (non-hydrogen) atoms. The molecule has 0 spiro atoms. The summed E-state index contributed by atoms with van der Waals surface area (Å²) in [6.07, 6.45) is 0. The van der Waals surface area contributed by atoms with Crippen LogP contribution >= 0.6 is 0 Å². The van der Waals surface area contributed by atoms with Gasteiger partial charge in [0.2, 0.25) is 0 Å². The molecule has 9 rings (SSSR count). The number of hydrogen-bond donors (Lipinski definition) is 0. The van der Waals surface area contributed by atoms with E-state index in [1.165, 1.54) is 0 Å². The average Bonchev–Trinajstić information content (AvgIpc) is 3.09. The van der Waals surface area contributed by atoms with Crippen molar-refractivity contribution in [2.24, 2.45) is 0 Å². The lowest BCUT2D eigenvalue weighted by Gasteiger charge is -2.26. The third kappa shape index (κ3) is 4.60. The van der Waals surface area contributed by atoms with E-state index in [9.17, 15) is 19.2 Å². The molecule has 0 unspecified atom stereocenters. The molecule has 2 heterocycles. The fourth-order valence-corrected chi connectivity index (χ4v) is 7.55. The van der Waals surface area contributed by atoms with Gasteiger partial charge in [-0.1, -0.05) is 77.9 Å². The SMILES string of the molecule is CC(C)(C)c1ccc(Oc2cc3c4c(cc(Oc5ccc(C(C)(C)C)cc5)c5c6ccc7c8c(ccc(c2c45)c86)C(=O)OC7=O)C(=O)OC3=O)cc1. The van der Waals surface area contributed by atoms with Crippen LogP contribution in [0.15, 0.2) is 84.9 Å². The van der Waals surface area contributed by atoms with Gasteiger partial charge in [-0.25, -0.2) is 19.2 Å². The number of carbonyl (C=O) groups excluding carboxylic acids is 4. The smallest absolute Gasteiger partial charge is 0.346 e. The molecule has 7 aromatic carbocycles. The Morgan fingerprint density at radius 1 is 0.404 bits per heavy atom. The zero-order chi connectivity index (χ0) is 36.4. The van der Waals surface area contributed by atoms with Crippen molar-refractivity contribution in [1.82, 2.24) is 0 Å². The van der Waals surface area contributed by atoms with E-state index in [1.807, 2.05) is 48.5 Å². The second-order valence-electron chi connectivity index (χ2n) is 15.5. The molecule has 0 saturated carbocycles. The zero-order valence-electron chi connectivity index (χ0n) is 29.3. The van der Waals surface area contributed by atoms with Crippen molar-refractivity contribution < 1.29 is 38.1 Å². The van der Waals surface area contributed by atoms with Gasteiger partial charge >= 0.3 is 23.9 Å². The van der Waals surface area contributed by atoms with Crippen molar-refractivity contribution in [2.75, 3.05) is 0 Å². The summed E-state index contributed by atoms with van der Waals surface area (Å²) in [4.78, 5) is 53.1. The monoisotopic (exact) mass is 688 g/mol. The molecule has 0 aromatic heterocycles. The Labute approximate surface area is 298 Å². The standard InChI is InChI=1S/C44H32O8/c1-43(2,3)21-7-11-23(12-8-21)49-31-19-29-35-30(42(48)52-41(29)47)20-32(50-24-13-9-22(10-14-24)44(4,5)6)37-26-16-18-28-34-27(39(45)51-40(28)46)17-15-25(33(26)34)36(31)38(35)37/h7-20H,1-6H3. The second kappa shape index (κ2) is 10.6. The third-order valence-electron chi connectivity index (χ3n) is 10.2. The van der Waals surface area contributed by atoms with E-state index in [2.05, 4.69) is 41.5 Å². The summed E-state index contributed by atoms with van der Waals surface area (Å²) in [5.74, 6) is -1.36. The number of esters is 4. The van der Waals surface area contributed by atoms with Crippen LogP contribution in [0.4, 0.5) is 0 Å². The van der Waals surface area contributed by atoms with Crippen molar-refractivity contribution in [2.45, 2.75) is 52.4 Å². The van der Waals surface area contributed by atoms with Gasteiger partial charge in [-0.2, -0.15) is 0 Å². The highest BCUT2D eigenvalue weighted by Gasteiger charge is 2.36. The molecular weight excluding hydrogens is 656 g/mol. The highest BCUT2D eigenvalue weighted by Crippen LogP contribution is 2.52. The Morgan fingerprint density at radius 3 is 1.15 bits per heavy atom. The summed E-state index contributed by atoms with van der Waals surface area (Å²) >= 11 is 0. The predicted molar refractivity (Wildman–Crippen MR) is 198 cm³/mol. The molecular formula is C44H32O8. The number of benzene rings is 7. The number of ether oxygens (including phenoxy) is 4. The molecule has 0 fully saturated rings. The normalized spacial score (nSPS) is 14.4. The Hall–Kier alpha value is -6.28. The Kier molecular flexibility index (Phi) is 6.47. The van der Waals surface area contributed by atoms with Gasteiger partial charge in [0.1, 0.15) is 23.0 Å². The summed E-state index contributed by atoms with van der Waals surface area (Å²) in [5, 5.41) is 4.51. The van der Waals surface area contributed by atoms with Gasteiger partial charge in [0, 0.05) is 26.9 Å². The first-order chi connectivity index (χ1) is 24.7. The Morgan fingerprint density at radius 2 is 0.769 bits per heavy atom. The molecule has 8 heteroatoms. The lowest BCUT2D eigenvalue weighted by Crippen LogP contribution is -2.21. The van der Waals surface area contributed by atoms with Crippen LogP contribution in [0.5, 0.6) is 23.0 Å². The first-order valence-corrected chi connectivity index (χ1v) is 17.1. The van der Waals surface area contributed by atoms with Crippen LogP contribution in [-0.4, -0.2) is 23.9 Å². The Bertz CT molecular complexity index is 2560. The summed E-state index contributed by atoms with van der Waals surface area (Å²) in [6, 6.07) is 25.5. The van der Waals surface area contributed by atoms with Gasteiger partial charge < -0.3 is 18.9 Å². The molecule has 0 saturated heterocycles. The van der Waals surface area contributed by atoms with Crippen molar-refractivity contribution >= 4 is 67.0 Å². The number of fused-ring (bicyclic) bond motifs is 2. The van der Waals surface area contributed by atoms with Crippen LogP contribution in [0.25, 0.3) is 43.1 Å². The molecule has 0 atom stereocenters. The lowest BCUT2D eigenvalue weighted by atomic mass is 9.82. The van der Waals surface area contributed by atoms with Gasteiger partial charge in [-0.15, -0.1) is 0 Å². The molecule has 0 amide bonds. The number of cyclic esters (lactones) is 4. The lowest BCUT2D eigenvalue weighted by molar-refractivity contribution is 0.0373. The minimum atomic E-state index is -0.793. The summed E-state index contributed by atoms with van der Waals surface area (Å²) < 4.78 is 23.7. The highest BCUT2D eigenvalue weighted by molar-refractivity contribution is 6.41. The summed E-state index contributed by atoms with van der Waals surface area (Å²) in [7, 11) is 0. The minimum absolute atomic E-state index is 0.0823. The van der Waals surface area contributed by atoms with Crippen LogP contribution in [0.1, 0.15) is 94.1 Å². The quantitative estimate of drug-likeness (QED) is 0.0779. The van der Waals surface area contributed by atoms with Crippen LogP contribution < -0.4 is 9.47 Å². The fourth-order valence-electron chi connectivity index (χ4n) is 7.55. The van der Waals surface area contributed by atoms with Crippen molar-refractivity contribution in [3.8, 4) is 23.0 Å². The maximum atomic E-state index is 13.5. The summed E-state index contributed by atoms with van der Waals surface area (Å²) in [5.41, 5.74) is 2.92. The topological polar surface area (TPSA) is 105 Å². The minimum Gasteiger partial charge on any atom is -0.457 e. The van der Waals surface area contributed by atoms with Crippen LogP contribution in [0.3, 0.4) is 0 Å². The predicted octanol–water partition coefficient (Wildman–Crippen LogP) is 10.5. The first-order valence-electron chi connectivity index (χ1n) is 17.1. The summed E-state index contributed by atoms with van der Waals surface area (Å²) in [6.45, 7) is 12.8. The van der Waals surface area contributed by atoms with Crippen molar-refractivity contribution in [3.63, 3.8) is 0 Å². The van der Waals surface area contributed by atoms with E-state index in [-0.39, 0.29) is 33.1 Å². The molecule has 256 valence electrons. The first kappa shape index (κ1) is 31.7. The largest absolute Gasteiger partial charge is 0.457 e. The number of hydrogen-bond acceptors (Lipinski definition) is 8. The number of carbonyl (C=O) groups is 4. The molecule has 0 radical (unpaired) electrons. The van der Waals surface area contributed by atoms with Crippen LogP contribution in [0.2, 0.25) is 0 Å². The molecule has 8 nitrogen and oxygen atoms in total. The van der Waals surface area contributed by atoms with Crippen LogP contribution in [0, 0.1) is 0 Å². The molecule has 0 bridgehead atoms. The van der Waals surface area contributed by atoms with E-state index in [0.29, 0.717) is 66.1 Å². The van der Waals surface area contributed by atoms with E-state index >= 15 is 0 Å². The van der Waals surface area contributed by atoms with E-state index in [4.69, 9.17) is 18.9 Å². The molecule has 0 aliphatic carbocycles. The van der Waals surface area contributed by atoms with E-state index in [1.54, 1.807) is 36.4 Å². The third-order valence-corrected chi connectivity index (χ3v) is 10.2. The van der Waals surface area contributed by atoms with Crippen molar-refractivity contribution in [1.29, 1.82) is 0 Å². The number of rotatable bonds is 4. The zero-order valence-corrected chi connectivity index (χ0v) is 29.3. The van der Waals surface area contributed by atoms with E-state index < -0.39 is 23.9 Å². The molecule has 7 aromatic rings. The average molecular weight is 689 g/mol. The van der Waals surface area contributed by atoms with Gasteiger partial charge in [0.25, 0.3) is 0 Å². The van der Waals surface area contributed by atoms with Crippen molar-refractivity contribution in [3.05, 3.63) is 118 Å². The van der Waals surface area contributed by atoms with Gasteiger partial charge in [-0.05, 0) is 86.6 Å². The molecule has 2 aliphatic heterocycles. The molecule has 0 N–H and O–H groups in total. The maximum absolute atomic E-state index is 13.5. The van der Waals surface area contributed by atoms with Gasteiger partial charge in [0.05, 0.1) is 22.3 Å². The van der Waals surface area contributed by atoms with Gasteiger partial charge in [0.15, 0.2) is 0 Å². The highest BCUT2D eigenvalue weighted by atomic mass is 16.6.